The third-order valence-electron chi connectivity index (χ3n) is 3.44. The second kappa shape index (κ2) is 4.49. The van der Waals surface area contributed by atoms with Crippen molar-refractivity contribution in [3.63, 3.8) is 0 Å². The molecule has 5 heteroatoms. The third kappa shape index (κ3) is 2.13. The number of phenolic OH excluding ortho intramolecular Hbond substituents is 1. The van der Waals surface area contributed by atoms with Crippen molar-refractivity contribution in [1.82, 2.24) is 4.90 Å². The Morgan fingerprint density at radius 1 is 1.56 bits per heavy atom. The molecule has 18 heavy (non-hydrogen) atoms. The summed E-state index contributed by atoms with van der Waals surface area (Å²) in [5, 5.41) is 9.72. The molecule has 1 fully saturated rings. The molecule has 0 spiro atoms. The van der Waals surface area contributed by atoms with E-state index in [1.54, 1.807) is 17.0 Å². The van der Waals surface area contributed by atoms with Crippen molar-refractivity contribution >= 4 is 5.91 Å². The molecule has 0 aliphatic carbocycles. The summed E-state index contributed by atoms with van der Waals surface area (Å²) >= 11 is 0. The van der Waals surface area contributed by atoms with Crippen LogP contribution in [-0.2, 0) is 0 Å². The Labute approximate surface area is 106 Å². The monoisotopic (exact) mass is 250 g/mol. The molecule has 3 N–H and O–H groups in total. The van der Waals surface area contributed by atoms with Crippen LogP contribution in [0.4, 0.5) is 0 Å². The fraction of sp³-hybridized carbons (Fsp3) is 0.462. The van der Waals surface area contributed by atoms with Gasteiger partial charge in [-0.15, -0.1) is 0 Å². The molecule has 1 heterocycles. The summed E-state index contributed by atoms with van der Waals surface area (Å²) < 4.78 is 5.05. The maximum atomic E-state index is 12.2. The Bertz CT molecular complexity index is 467. The Kier molecular flexibility index (Phi) is 3.17. The van der Waals surface area contributed by atoms with Gasteiger partial charge in [0.2, 0.25) is 0 Å². The molecule has 98 valence electrons. The minimum Gasteiger partial charge on any atom is -0.507 e. The smallest absolute Gasteiger partial charge is 0.257 e. The number of aromatic hydroxyl groups is 1. The number of nitrogens with two attached hydrogens (primary N) is 1. The first-order valence-corrected chi connectivity index (χ1v) is 5.94. The SMILES string of the molecule is CCC1(N)CN(C(=O)c2cc(OC)ccc2O)C1. The van der Waals surface area contributed by atoms with Crippen molar-refractivity contribution in [3.8, 4) is 11.5 Å². The number of nitrogens with zero attached hydrogens (tertiary/aromatic N) is 1. The van der Waals surface area contributed by atoms with Crippen molar-refractivity contribution in [2.24, 2.45) is 5.73 Å². The minimum atomic E-state index is -0.274. The summed E-state index contributed by atoms with van der Waals surface area (Å²) in [5.41, 5.74) is 6.00. The van der Waals surface area contributed by atoms with Crippen molar-refractivity contribution < 1.29 is 14.6 Å². The lowest BCUT2D eigenvalue weighted by Crippen LogP contribution is -2.68. The molecule has 0 atom stereocenters. The number of benzene rings is 1. The van der Waals surface area contributed by atoms with E-state index in [2.05, 4.69) is 0 Å². The summed E-state index contributed by atoms with van der Waals surface area (Å²) in [6.45, 7) is 3.06. The van der Waals surface area contributed by atoms with Crippen LogP contribution in [0.1, 0.15) is 23.7 Å². The average Bonchev–Trinajstić information content (AvgIpc) is 2.35. The molecular formula is C13H18N2O3. The van der Waals surface area contributed by atoms with Crippen LogP contribution < -0.4 is 10.5 Å². The highest BCUT2D eigenvalue weighted by Gasteiger charge is 2.41. The Balaban J connectivity index is 2.15. The van der Waals surface area contributed by atoms with E-state index < -0.39 is 0 Å². The van der Waals surface area contributed by atoms with Gasteiger partial charge in [-0.3, -0.25) is 4.79 Å². The molecule has 1 amide bonds. The number of likely N-dealkylation sites (tertiary alicyclic amines) is 1. The average molecular weight is 250 g/mol. The first kappa shape index (κ1) is 12.7. The van der Waals surface area contributed by atoms with Gasteiger partial charge < -0.3 is 20.5 Å². The van der Waals surface area contributed by atoms with E-state index in [0.717, 1.165) is 6.42 Å². The van der Waals surface area contributed by atoms with Gasteiger partial charge >= 0.3 is 0 Å². The van der Waals surface area contributed by atoms with E-state index in [-0.39, 0.29) is 22.8 Å². The summed E-state index contributed by atoms with van der Waals surface area (Å²) in [4.78, 5) is 13.8. The molecule has 0 radical (unpaired) electrons. The molecule has 5 nitrogen and oxygen atoms in total. The maximum Gasteiger partial charge on any atom is 0.257 e. The molecule has 1 aromatic carbocycles. The van der Waals surface area contributed by atoms with Gasteiger partial charge in [-0.1, -0.05) is 6.92 Å². The van der Waals surface area contributed by atoms with Gasteiger partial charge in [0.1, 0.15) is 11.5 Å². The van der Waals surface area contributed by atoms with E-state index in [4.69, 9.17) is 10.5 Å². The van der Waals surface area contributed by atoms with Crippen LogP contribution in [0.2, 0.25) is 0 Å². The summed E-state index contributed by atoms with van der Waals surface area (Å²) in [6, 6.07) is 4.61. The molecular weight excluding hydrogens is 232 g/mol. The fourth-order valence-electron chi connectivity index (χ4n) is 2.06. The second-order valence-corrected chi connectivity index (χ2v) is 4.76. The van der Waals surface area contributed by atoms with Crippen LogP contribution >= 0.6 is 0 Å². The van der Waals surface area contributed by atoms with Gasteiger partial charge in [-0.2, -0.15) is 0 Å². The lowest BCUT2D eigenvalue weighted by Gasteiger charge is -2.47. The largest absolute Gasteiger partial charge is 0.507 e. The highest BCUT2D eigenvalue weighted by molar-refractivity contribution is 5.97. The van der Waals surface area contributed by atoms with Gasteiger partial charge in [-0.05, 0) is 24.6 Å². The molecule has 0 unspecified atom stereocenters. The van der Waals surface area contributed by atoms with Gasteiger partial charge in [0.05, 0.1) is 18.2 Å². The molecule has 1 aliphatic heterocycles. The highest BCUT2D eigenvalue weighted by atomic mass is 16.5. The van der Waals surface area contributed by atoms with Crippen LogP contribution in [-0.4, -0.2) is 41.7 Å². The van der Waals surface area contributed by atoms with Crippen LogP contribution in [0.25, 0.3) is 0 Å². The predicted octanol–water partition coefficient (Wildman–Crippen LogP) is 0.964. The van der Waals surface area contributed by atoms with Crippen LogP contribution in [0.15, 0.2) is 18.2 Å². The normalized spacial score (nSPS) is 17.2. The number of ether oxygens (including phenoxy) is 1. The summed E-state index contributed by atoms with van der Waals surface area (Å²) in [5.74, 6) is 0.305. The van der Waals surface area contributed by atoms with Crippen LogP contribution in [0.5, 0.6) is 11.5 Å². The molecule has 1 aromatic rings. The van der Waals surface area contributed by atoms with Crippen molar-refractivity contribution in [3.05, 3.63) is 23.8 Å². The van der Waals surface area contributed by atoms with Crippen LogP contribution in [0, 0.1) is 0 Å². The Hall–Kier alpha value is -1.75. The predicted molar refractivity (Wildman–Crippen MR) is 67.8 cm³/mol. The van der Waals surface area contributed by atoms with Gasteiger partial charge in [0.15, 0.2) is 0 Å². The zero-order valence-electron chi connectivity index (χ0n) is 10.6. The molecule has 1 aliphatic rings. The number of hydrogen-bond acceptors (Lipinski definition) is 4. The van der Waals surface area contributed by atoms with E-state index in [9.17, 15) is 9.90 Å². The molecule has 0 aromatic heterocycles. The minimum absolute atomic E-state index is 0.0354. The molecule has 1 saturated heterocycles. The van der Waals surface area contributed by atoms with E-state index in [1.165, 1.54) is 13.2 Å². The van der Waals surface area contributed by atoms with Crippen LogP contribution in [0.3, 0.4) is 0 Å². The number of carbonyl (C=O) groups is 1. The number of amides is 1. The zero-order chi connectivity index (χ0) is 13.3. The lowest BCUT2D eigenvalue weighted by atomic mass is 9.87. The zero-order valence-corrected chi connectivity index (χ0v) is 10.6. The first-order valence-electron chi connectivity index (χ1n) is 5.94. The van der Waals surface area contributed by atoms with E-state index >= 15 is 0 Å². The Morgan fingerprint density at radius 2 is 2.22 bits per heavy atom. The number of methoxy groups -OCH3 is 1. The van der Waals surface area contributed by atoms with E-state index in [1.807, 2.05) is 6.92 Å². The quantitative estimate of drug-likeness (QED) is 0.838. The van der Waals surface area contributed by atoms with Crippen molar-refractivity contribution in [2.75, 3.05) is 20.2 Å². The summed E-state index contributed by atoms with van der Waals surface area (Å²) in [7, 11) is 1.52. The van der Waals surface area contributed by atoms with Gasteiger partial charge in [0.25, 0.3) is 5.91 Å². The number of phenols is 1. The third-order valence-corrected chi connectivity index (χ3v) is 3.44. The first-order chi connectivity index (χ1) is 8.49. The molecule has 2 rings (SSSR count). The van der Waals surface area contributed by atoms with Crippen molar-refractivity contribution in [1.29, 1.82) is 0 Å². The topological polar surface area (TPSA) is 75.8 Å². The highest BCUT2D eigenvalue weighted by Crippen LogP contribution is 2.28. The number of carbonyl (C=O) groups excluding carboxylic acids is 1. The maximum absolute atomic E-state index is 12.2. The molecule has 0 saturated carbocycles. The van der Waals surface area contributed by atoms with E-state index in [0.29, 0.717) is 18.8 Å². The molecule has 0 bridgehead atoms. The number of rotatable bonds is 3. The van der Waals surface area contributed by atoms with Gasteiger partial charge in [-0.25, -0.2) is 0 Å². The second-order valence-electron chi connectivity index (χ2n) is 4.76. The number of hydrogen-bond donors (Lipinski definition) is 2. The van der Waals surface area contributed by atoms with Gasteiger partial charge in [0, 0.05) is 13.1 Å². The Morgan fingerprint density at radius 3 is 2.78 bits per heavy atom. The fourth-order valence-corrected chi connectivity index (χ4v) is 2.06. The summed E-state index contributed by atoms with van der Waals surface area (Å²) in [6.07, 6.45) is 0.834. The standard InChI is InChI=1S/C13H18N2O3/c1-3-13(14)7-15(8-13)12(17)10-6-9(18-2)4-5-11(10)16/h4-6,16H,3,7-8,14H2,1-2H3. The van der Waals surface area contributed by atoms with Crippen molar-refractivity contribution in [2.45, 2.75) is 18.9 Å². The lowest BCUT2D eigenvalue weighted by molar-refractivity contribution is 0.0398.